The van der Waals surface area contributed by atoms with E-state index in [1.165, 1.54) is 13.8 Å². The van der Waals surface area contributed by atoms with E-state index in [1.54, 1.807) is 6.92 Å². The van der Waals surface area contributed by atoms with Gasteiger partial charge in [-0.1, -0.05) is 13.8 Å². The number of carboxylic acids is 1. The third-order valence-electron chi connectivity index (χ3n) is 4.53. The predicted octanol–water partition coefficient (Wildman–Crippen LogP) is -0.250. The first-order valence-corrected chi connectivity index (χ1v) is 9.63. The molecule has 3 amide bonds. The van der Waals surface area contributed by atoms with Gasteiger partial charge in [-0.25, -0.2) is 0 Å². The molecule has 0 aliphatic carbocycles. The molecule has 0 aromatic carbocycles. The van der Waals surface area contributed by atoms with Crippen molar-refractivity contribution in [3.63, 3.8) is 0 Å². The summed E-state index contributed by atoms with van der Waals surface area (Å²) in [6.07, 6.45) is 0.0169. The summed E-state index contributed by atoms with van der Waals surface area (Å²) in [5.41, 5.74) is -1.02. The normalized spacial score (nSPS) is 20.9. The maximum Gasteiger partial charge on any atom is 0.303 e. The van der Waals surface area contributed by atoms with Gasteiger partial charge in [-0.05, 0) is 32.6 Å². The average molecular weight is 413 g/mol. The molecule has 0 saturated carbocycles. The Labute approximate surface area is 170 Å². The molecule has 1 saturated heterocycles. The van der Waals surface area contributed by atoms with Crippen LogP contribution in [0.5, 0.6) is 0 Å². The third kappa shape index (κ3) is 8.18. The van der Waals surface area contributed by atoms with Gasteiger partial charge >= 0.3 is 5.97 Å². The number of epoxide rings is 1. The van der Waals surface area contributed by atoms with E-state index in [2.05, 4.69) is 16.0 Å². The standard InChI is InChI=1S/C19H31N3O7/c1-10(2)8-14(21-12(4)23)18(28)20-11(3)17(27)22-13(6-7-15(24)25)16(26)19(5)9-29-19/h10-11,13-14H,6-9H2,1-5H3,(H,20,28)(H,21,23)(H,22,27)(H,24,25). The number of carbonyl (C=O) groups excluding carboxylic acids is 4. The first-order valence-electron chi connectivity index (χ1n) is 9.63. The van der Waals surface area contributed by atoms with Crippen LogP contribution in [0.25, 0.3) is 0 Å². The van der Waals surface area contributed by atoms with E-state index >= 15 is 0 Å². The summed E-state index contributed by atoms with van der Waals surface area (Å²) in [5.74, 6) is -2.85. The van der Waals surface area contributed by atoms with Gasteiger partial charge in [-0.3, -0.25) is 24.0 Å². The molecular formula is C19H31N3O7. The molecule has 0 aromatic heterocycles. The van der Waals surface area contributed by atoms with Gasteiger partial charge in [0.2, 0.25) is 17.7 Å². The van der Waals surface area contributed by atoms with Crippen LogP contribution < -0.4 is 16.0 Å². The molecule has 4 N–H and O–H groups in total. The highest BCUT2D eigenvalue weighted by Crippen LogP contribution is 2.29. The maximum absolute atomic E-state index is 12.5. The van der Waals surface area contributed by atoms with Crippen LogP contribution in [0, 0.1) is 5.92 Å². The van der Waals surface area contributed by atoms with E-state index in [0.717, 1.165) is 0 Å². The molecular weight excluding hydrogens is 382 g/mol. The van der Waals surface area contributed by atoms with Gasteiger partial charge in [-0.2, -0.15) is 0 Å². The van der Waals surface area contributed by atoms with Crippen LogP contribution in [0.4, 0.5) is 0 Å². The number of hydrogen-bond acceptors (Lipinski definition) is 6. The van der Waals surface area contributed by atoms with E-state index in [0.29, 0.717) is 6.42 Å². The molecule has 0 spiro atoms. The molecule has 0 radical (unpaired) electrons. The van der Waals surface area contributed by atoms with Crippen molar-refractivity contribution in [2.75, 3.05) is 6.61 Å². The minimum absolute atomic E-state index is 0.0820. The minimum atomic E-state index is -1.09. The van der Waals surface area contributed by atoms with Crippen molar-refractivity contribution >= 4 is 29.5 Å². The van der Waals surface area contributed by atoms with Gasteiger partial charge in [0.1, 0.15) is 17.7 Å². The number of rotatable bonds is 12. The number of amides is 3. The molecule has 164 valence electrons. The van der Waals surface area contributed by atoms with E-state index in [9.17, 15) is 24.0 Å². The molecule has 1 rings (SSSR count). The number of ketones is 1. The SMILES string of the molecule is CC(=O)NC(CC(C)C)C(=O)NC(C)C(=O)NC(CCC(=O)O)C(=O)C1(C)CO1. The topological polar surface area (TPSA) is 154 Å². The summed E-state index contributed by atoms with van der Waals surface area (Å²) in [7, 11) is 0. The lowest BCUT2D eigenvalue weighted by molar-refractivity contribution is -0.138. The van der Waals surface area contributed by atoms with Crippen LogP contribution in [-0.4, -0.2) is 64.9 Å². The second-order valence-corrected chi connectivity index (χ2v) is 7.99. The number of aliphatic carboxylic acids is 1. The third-order valence-corrected chi connectivity index (χ3v) is 4.53. The molecule has 1 fully saturated rings. The lowest BCUT2D eigenvalue weighted by Gasteiger charge is -2.24. The number of ether oxygens (including phenoxy) is 1. The fourth-order valence-electron chi connectivity index (χ4n) is 2.78. The Morgan fingerprint density at radius 1 is 1.00 bits per heavy atom. The number of carbonyl (C=O) groups is 5. The minimum Gasteiger partial charge on any atom is -0.481 e. The van der Waals surface area contributed by atoms with Crippen molar-refractivity contribution < 1.29 is 33.8 Å². The van der Waals surface area contributed by atoms with Crippen molar-refractivity contribution in [3.05, 3.63) is 0 Å². The van der Waals surface area contributed by atoms with Gasteiger partial charge in [0.25, 0.3) is 0 Å². The molecule has 4 unspecified atom stereocenters. The maximum atomic E-state index is 12.5. The van der Waals surface area contributed by atoms with Crippen molar-refractivity contribution in [1.82, 2.24) is 16.0 Å². The Hall–Kier alpha value is -2.49. The van der Waals surface area contributed by atoms with Gasteiger partial charge in [0, 0.05) is 13.3 Å². The Morgan fingerprint density at radius 3 is 2.03 bits per heavy atom. The fourth-order valence-corrected chi connectivity index (χ4v) is 2.78. The van der Waals surface area contributed by atoms with Gasteiger partial charge < -0.3 is 25.8 Å². The fraction of sp³-hybridized carbons (Fsp3) is 0.737. The Bertz CT molecular complexity index is 658. The first kappa shape index (κ1) is 24.5. The van der Waals surface area contributed by atoms with E-state index in [1.807, 2.05) is 13.8 Å². The summed E-state index contributed by atoms with van der Waals surface area (Å²) in [6.45, 7) is 8.34. The lowest BCUT2D eigenvalue weighted by atomic mass is 9.96. The van der Waals surface area contributed by atoms with Gasteiger partial charge in [-0.15, -0.1) is 0 Å². The summed E-state index contributed by atoms with van der Waals surface area (Å²) < 4.78 is 5.10. The zero-order valence-electron chi connectivity index (χ0n) is 17.5. The van der Waals surface area contributed by atoms with Crippen molar-refractivity contribution in [3.8, 4) is 0 Å². The summed E-state index contributed by atoms with van der Waals surface area (Å²) >= 11 is 0. The highest BCUT2D eigenvalue weighted by molar-refractivity contribution is 5.98. The van der Waals surface area contributed by atoms with Crippen molar-refractivity contribution in [2.24, 2.45) is 5.92 Å². The van der Waals surface area contributed by atoms with E-state index < -0.39 is 47.3 Å². The Balaban J connectivity index is 2.74. The first-order chi connectivity index (χ1) is 13.4. The highest BCUT2D eigenvalue weighted by atomic mass is 16.6. The molecule has 10 nitrogen and oxygen atoms in total. The number of hydrogen-bond donors (Lipinski definition) is 4. The van der Waals surface area contributed by atoms with Gasteiger partial charge in [0.05, 0.1) is 12.6 Å². The molecule has 1 aliphatic rings. The molecule has 0 aromatic rings. The van der Waals surface area contributed by atoms with Crippen LogP contribution in [0.3, 0.4) is 0 Å². The van der Waals surface area contributed by atoms with Crippen LogP contribution in [0.15, 0.2) is 0 Å². The zero-order valence-corrected chi connectivity index (χ0v) is 17.5. The van der Waals surface area contributed by atoms with Crippen LogP contribution in [-0.2, 0) is 28.7 Å². The smallest absolute Gasteiger partial charge is 0.303 e. The number of Topliss-reactive ketones (excluding diaryl/α,β-unsaturated/α-hetero) is 1. The quantitative estimate of drug-likeness (QED) is 0.322. The Kier molecular flexibility index (Phi) is 8.75. The zero-order chi connectivity index (χ0) is 22.4. The molecule has 29 heavy (non-hydrogen) atoms. The number of nitrogens with one attached hydrogen (secondary N) is 3. The molecule has 1 heterocycles. The van der Waals surface area contributed by atoms with Crippen LogP contribution in [0.2, 0.25) is 0 Å². The summed E-state index contributed by atoms with van der Waals surface area (Å²) in [5, 5.41) is 16.5. The van der Waals surface area contributed by atoms with Crippen LogP contribution in [0.1, 0.15) is 53.9 Å². The van der Waals surface area contributed by atoms with E-state index in [4.69, 9.17) is 9.84 Å². The molecule has 10 heteroatoms. The molecule has 4 atom stereocenters. The largest absolute Gasteiger partial charge is 0.481 e. The van der Waals surface area contributed by atoms with Gasteiger partial charge in [0.15, 0.2) is 5.78 Å². The monoisotopic (exact) mass is 413 g/mol. The van der Waals surface area contributed by atoms with Crippen LogP contribution >= 0.6 is 0 Å². The second kappa shape index (κ2) is 10.3. The highest BCUT2D eigenvalue weighted by Gasteiger charge is 2.50. The predicted molar refractivity (Wildman–Crippen MR) is 103 cm³/mol. The summed E-state index contributed by atoms with van der Waals surface area (Å²) in [4.78, 5) is 59.7. The average Bonchev–Trinajstić information content (AvgIpc) is 3.34. The molecule has 1 aliphatic heterocycles. The lowest BCUT2D eigenvalue weighted by Crippen LogP contribution is -2.55. The van der Waals surface area contributed by atoms with E-state index in [-0.39, 0.29) is 31.3 Å². The van der Waals surface area contributed by atoms with Crippen molar-refractivity contribution in [1.29, 1.82) is 0 Å². The van der Waals surface area contributed by atoms with Crippen molar-refractivity contribution in [2.45, 2.75) is 77.6 Å². The Morgan fingerprint density at radius 2 is 1.59 bits per heavy atom. The summed E-state index contributed by atoms with van der Waals surface area (Å²) in [6, 6.07) is -2.81. The second-order valence-electron chi connectivity index (χ2n) is 7.99. The number of carboxylic acid groups (broad SMARTS) is 1. The molecule has 0 bridgehead atoms.